The summed E-state index contributed by atoms with van der Waals surface area (Å²) in [4.78, 5) is 10.2. The van der Waals surface area contributed by atoms with Gasteiger partial charge in [-0.15, -0.1) is 35.3 Å². The molecule has 2 rings (SSSR count). The molecule has 1 aliphatic rings. The molecule has 22 heavy (non-hydrogen) atoms. The van der Waals surface area contributed by atoms with Gasteiger partial charge in [0.25, 0.3) is 0 Å². The van der Waals surface area contributed by atoms with Crippen molar-refractivity contribution in [2.24, 2.45) is 10.4 Å². The zero-order valence-corrected chi connectivity index (χ0v) is 17.3. The van der Waals surface area contributed by atoms with Crippen LogP contribution in [0.1, 0.15) is 54.6 Å². The van der Waals surface area contributed by atoms with Crippen molar-refractivity contribution in [3.05, 3.63) is 15.6 Å². The number of aliphatic imine (C=N–C) groups is 1. The molecule has 0 spiro atoms. The lowest BCUT2D eigenvalue weighted by atomic mass is 9.83. The SMILES string of the molecule is CCC1(CNC(=NC)NCc2nc(C)c(C)s2)CCCC1.I. The van der Waals surface area contributed by atoms with Crippen molar-refractivity contribution in [2.75, 3.05) is 13.6 Å². The third-order valence-corrected chi connectivity index (χ3v) is 5.82. The minimum absolute atomic E-state index is 0. The van der Waals surface area contributed by atoms with Crippen molar-refractivity contribution in [2.45, 2.75) is 59.4 Å². The van der Waals surface area contributed by atoms with Gasteiger partial charge in [0.1, 0.15) is 5.01 Å². The Labute approximate surface area is 155 Å². The van der Waals surface area contributed by atoms with Gasteiger partial charge in [-0.2, -0.15) is 0 Å². The number of halogens is 1. The van der Waals surface area contributed by atoms with Crippen LogP contribution in [0, 0.1) is 19.3 Å². The summed E-state index contributed by atoms with van der Waals surface area (Å²) in [6, 6.07) is 0. The van der Waals surface area contributed by atoms with E-state index in [1.807, 2.05) is 7.05 Å². The first-order valence-electron chi connectivity index (χ1n) is 7.96. The van der Waals surface area contributed by atoms with Gasteiger partial charge in [-0.25, -0.2) is 4.98 Å². The molecule has 1 saturated carbocycles. The van der Waals surface area contributed by atoms with Crippen molar-refractivity contribution >= 4 is 41.3 Å². The maximum Gasteiger partial charge on any atom is 0.191 e. The maximum atomic E-state index is 4.56. The van der Waals surface area contributed by atoms with E-state index in [0.29, 0.717) is 5.41 Å². The van der Waals surface area contributed by atoms with Crippen LogP contribution in [0.2, 0.25) is 0 Å². The number of nitrogens with zero attached hydrogens (tertiary/aromatic N) is 2. The summed E-state index contributed by atoms with van der Waals surface area (Å²) in [6.45, 7) is 8.27. The first-order valence-corrected chi connectivity index (χ1v) is 8.77. The van der Waals surface area contributed by atoms with Crippen LogP contribution in [0.4, 0.5) is 0 Å². The quantitative estimate of drug-likeness (QED) is 0.417. The van der Waals surface area contributed by atoms with Gasteiger partial charge < -0.3 is 10.6 Å². The molecule has 0 aliphatic heterocycles. The fourth-order valence-corrected chi connectivity index (χ4v) is 3.92. The Kier molecular flexibility index (Phi) is 8.10. The predicted molar refractivity (Wildman–Crippen MR) is 106 cm³/mol. The molecule has 0 unspecified atom stereocenters. The molecule has 0 aromatic carbocycles. The largest absolute Gasteiger partial charge is 0.356 e. The minimum Gasteiger partial charge on any atom is -0.356 e. The number of thiazole rings is 1. The van der Waals surface area contributed by atoms with Gasteiger partial charge in [0.2, 0.25) is 0 Å². The molecule has 0 saturated heterocycles. The molecule has 1 aromatic rings. The van der Waals surface area contributed by atoms with Crippen molar-refractivity contribution in [3.63, 3.8) is 0 Å². The second-order valence-corrected chi connectivity index (χ2v) is 7.38. The molecule has 0 amide bonds. The monoisotopic (exact) mass is 436 g/mol. The molecular formula is C16H29IN4S. The average Bonchev–Trinajstić information content (AvgIpc) is 3.07. The van der Waals surface area contributed by atoms with Crippen LogP contribution in [-0.2, 0) is 6.54 Å². The van der Waals surface area contributed by atoms with Gasteiger partial charge in [0.05, 0.1) is 12.2 Å². The van der Waals surface area contributed by atoms with Gasteiger partial charge in [0, 0.05) is 18.5 Å². The summed E-state index contributed by atoms with van der Waals surface area (Å²) in [6.07, 6.45) is 6.69. The Balaban J connectivity index is 0.00000242. The third kappa shape index (κ3) is 5.08. The summed E-state index contributed by atoms with van der Waals surface area (Å²) < 4.78 is 0. The summed E-state index contributed by atoms with van der Waals surface area (Å²) in [5.41, 5.74) is 1.61. The van der Waals surface area contributed by atoms with Crippen LogP contribution in [0.25, 0.3) is 0 Å². The fourth-order valence-electron chi connectivity index (χ4n) is 3.05. The van der Waals surface area contributed by atoms with Gasteiger partial charge in [0.15, 0.2) is 5.96 Å². The van der Waals surface area contributed by atoms with Crippen molar-refractivity contribution in [3.8, 4) is 0 Å². The summed E-state index contributed by atoms with van der Waals surface area (Å²) in [5.74, 6) is 0.889. The van der Waals surface area contributed by atoms with Crippen molar-refractivity contribution < 1.29 is 0 Å². The minimum atomic E-state index is 0. The number of aromatic nitrogens is 1. The lowest BCUT2D eigenvalue weighted by Gasteiger charge is -2.28. The molecule has 0 radical (unpaired) electrons. The predicted octanol–water partition coefficient (Wildman–Crippen LogP) is 4.01. The Hall–Kier alpha value is -0.370. The molecule has 1 fully saturated rings. The van der Waals surface area contributed by atoms with Gasteiger partial charge in [-0.1, -0.05) is 19.8 Å². The highest BCUT2D eigenvalue weighted by molar-refractivity contribution is 14.0. The third-order valence-electron chi connectivity index (χ3n) is 4.75. The average molecular weight is 436 g/mol. The second kappa shape index (κ2) is 9.05. The lowest BCUT2D eigenvalue weighted by molar-refractivity contribution is 0.283. The van der Waals surface area contributed by atoms with E-state index in [9.17, 15) is 0 Å². The summed E-state index contributed by atoms with van der Waals surface area (Å²) in [5, 5.41) is 8.01. The van der Waals surface area contributed by atoms with E-state index in [1.54, 1.807) is 11.3 Å². The molecule has 2 N–H and O–H groups in total. The Bertz CT molecular complexity index is 473. The topological polar surface area (TPSA) is 49.3 Å². The molecule has 0 atom stereocenters. The van der Waals surface area contributed by atoms with Crippen LogP contribution < -0.4 is 10.6 Å². The Morgan fingerprint density at radius 3 is 2.45 bits per heavy atom. The maximum absolute atomic E-state index is 4.56. The summed E-state index contributed by atoms with van der Waals surface area (Å²) in [7, 11) is 1.83. The summed E-state index contributed by atoms with van der Waals surface area (Å²) >= 11 is 1.76. The van der Waals surface area contributed by atoms with Crippen LogP contribution in [0.15, 0.2) is 4.99 Å². The normalized spacial score (nSPS) is 17.2. The van der Waals surface area contributed by atoms with E-state index in [4.69, 9.17) is 0 Å². The van der Waals surface area contributed by atoms with Gasteiger partial charge in [-0.3, -0.25) is 4.99 Å². The zero-order valence-electron chi connectivity index (χ0n) is 14.2. The van der Waals surface area contributed by atoms with Crippen molar-refractivity contribution in [1.29, 1.82) is 0 Å². The standard InChI is InChI=1S/C16H28N4S.HI/c1-5-16(8-6-7-9-16)11-19-15(17-4)18-10-14-20-12(2)13(3)21-14;/h5-11H2,1-4H3,(H2,17,18,19);1H. The number of guanidine groups is 1. The molecular weight excluding hydrogens is 407 g/mol. The zero-order chi connectivity index (χ0) is 15.3. The van der Waals surface area contributed by atoms with Crippen molar-refractivity contribution in [1.82, 2.24) is 15.6 Å². The smallest absolute Gasteiger partial charge is 0.191 e. The highest BCUT2D eigenvalue weighted by atomic mass is 127. The second-order valence-electron chi connectivity index (χ2n) is 6.09. The highest BCUT2D eigenvalue weighted by Crippen LogP contribution is 2.40. The Morgan fingerprint density at radius 1 is 1.27 bits per heavy atom. The molecule has 126 valence electrons. The molecule has 1 aromatic heterocycles. The molecule has 6 heteroatoms. The van der Waals surface area contributed by atoms with Gasteiger partial charge in [-0.05, 0) is 38.5 Å². The van der Waals surface area contributed by atoms with E-state index in [1.165, 1.54) is 37.0 Å². The Morgan fingerprint density at radius 2 is 1.95 bits per heavy atom. The van der Waals surface area contributed by atoms with E-state index in [2.05, 4.69) is 41.4 Å². The molecule has 1 aliphatic carbocycles. The first-order chi connectivity index (χ1) is 10.1. The highest BCUT2D eigenvalue weighted by Gasteiger charge is 2.31. The number of aryl methyl sites for hydroxylation is 2. The number of hydrogen-bond acceptors (Lipinski definition) is 3. The number of hydrogen-bond donors (Lipinski definition) is 2. The number of rotatable bonds is 5. The van der Waals surface area contributed by atoms with Crippen LogP contribution in [0.5, 0.6) is 0 Å². The first kappa shape index (κ1) is 19.7. The molecule has 1 heterocycles. The van der Waals surface area contributed by atoms with E-state index in [0.717, 1.165) is 29.8 Å². The van der Waals surface area contributed by atoms with Crippen LogP contribution >= 0.6 is 35.3 Å². The van der Waals surface area contributed by atoms with Crippen LogP contribution in [0.3, 0.4) is 0 Å². The van der Waals surface area contributed by atoms with Gasteiger partial charge >= 0.3 is 0 Å². The number of nitrogens with one attached hydrogen (secondary N) is 2. The fraction of sp³-hybridized carbons (Fsp3) is 0.750. The molecule has 4 nitrogen and oxygen atoms in total. The molecule has 0 bridgehead atoms. The lowest BCUT2D eigenvalue weighted by Crippen LogP contribution is -2.42. The van der Waals surface area contributed by atoms with E-state index < -0.39 is 0 Å². The van der Waals surface area contributed by atoms with Crippen LogP contribution in [-0.4, -0.2) is 24.5 Å². The van der Waals surface area contributed by atoms with E-state index in [-0.39, 0.29) is 24.0 Å². The van der Waals surface area contributed by atoms with E-state index >= 15 is 0 Å².